The van der Waals surface area contributed by atoms with Crippen molar-refractivity contribution < 1.29 is 9.47 Å². The summed E-state index contributed by atoms with van der Waals surface area (Å²) in [7, 11) is 1.50. The molecule has 0 aliphatic rings. The zero-order valence-corrected chi connectivity index (χ0v) is 12.5. The van der Waals surface area contributed by atoms with Crippen molar-refractivity contribution in [3.8, 4) is 17.8 Å². The maximum atomic E-state index is 5.60. The molecule has 0 bridgehead atoms. The fourth-order valence-corrected chi connectivity index (χ4v) is 1.64. The first-order valence-corrected chi connectivity index (χ1v) is 6.99. The summed E-state index contributed by atoms with van der Waals surface area (Å²) in [5.41, 5.74) is 0. The lowest BCUT2D eigenvalue weighted by molar-refractivity contribution is 0.360. The molecule has 0 spiro atoms. The minimum Gasteiger partial charge on any atom is -0.467 e. The van der Waals surface area contributed by atoms with Crippen molar-refractivity contribution in [2.75, 3.05) is 19.0 Å². The number of aromatic nitrogens is 5. The van der Waals surface area contributed by atoms with Gasteiger partial charge in [-0.3, -0.25) is 4.68 Å². The summed E-state index contributed by atoms with van der Waals surface area (Å²) in [5, 5.41) is 7.27. The molecule has 2 rings (SSSR count). The van der Waals surface area contributed by atoms with Gasteiger partial charge in [0.25, 0.3) is 0 Å². The number of hydrogen-bond acceptors (Lipinski definition) is 7. The third kappa shape index (κ3) is 4.30. The third-order valence-corrected chi connectivity index (χ3v) is 2.58. The lowest BCUT2D eigenvalue weighted by Crippen LogP contribution is -2.07. The molecule has 0 aliphatic carbocycles. The number of rotatable bonds is 8. The molecule has 0 saturated carbocycles. The van der Waals surface area contributed by atoms with Crippen LogP contribution in [0.1, 0.15) is 26.7 Å². The Hall–Kier alpha value is -2.38. The SMILES string of the molecule is CCCNc1nc(OC)nc(Oc2cnn(CCC)c2)n1. The van der Waals surface area contributed by atoms with Crippen LogP contribution >= 0.6 is 0 Å². The van der Waals surface area contributed by atoms with E-state index in [9.17, 15) is 0 Å². The van der Waals surface area contributed by atoms with Crippen LogP contribution in [0.2, 0.25) is 0 Å². The first kappa shape index (κ1) is 15.0. The van der Waals surface area contributed by atoms with Crippen molar-refractivity contribution in [2.45, 2.75) is 33.2 Å². The molecule has 1 N–H and O–H groups in total. The molecule has 8 heteroatoms. The van der Waals surface area contributed by atoms with Crippen molar-refractivity contribution in [2.24, 2.45) is 0 Å². The summed E-state index contributed by atoms with van der Waals surface area (Å²) in [6.07, 6.45) is 5.41. The number of nitrogens with one attached hydrogen (secondary N) is 1. The number of nitrogens with zero attached hydrogens (tertiary/aromatic N) is 5. The molecule has 2 aromatic heterocycles. The van der Waals surface area contributed by atoms with Crippen molar-refractivity contribution in [3.05, 3.63) is 12.4 Å². The van der Waals surface area contributed by atoms with E-state index in [0.29, 0.717) is 11.7 Å². The standard InChI is InChI=1S/C13H20N6O2/c1-4-6-14-11-16-12(20-3)18-13(17-11)21-10-8-15-19(9-10)7-5-2/h8-9H,4-7H2,1-3H3,(H,14,16,17,18). The molecule has 8 nitrogen and oxygen atoms in total. The van der Waals surface area contributed by atoms with Crippen LogP contribution in [-0.2, 0) is 6.54 Å². The van der Waals surface area contributed by atoms with Crippen molar-refractivity contribution in [1.29, 1.82) is 0 Å². The molecule has 0 fully saturated rings. The molecular formula is C13H20N6O2. The largest absolute Gasteiger partial charge is 0.467 e. The van der Waals surface area contributed by atoms with Crippen molar-refractivity contribution >= 4 is 5.95 Å². The Morgan fingerprint density at radius 3 is 2.67 bits per heavy atom. The third-order valence-electron chi connectivity index (χ3n) is 2.58. The summed E-state index contributed by atoms with van der Waals surface area (Å²) in [6, 6.07) is 0.385. The van der Waals surface area contributed by atoms with Gasteiger partial charge < -0.3 is 14.8 Å². The Bertz CT molecular complexity index is 572. The molecule has 21 heavy (non-hydrogen) atoms. The van der Waals surface area contributed by atoms with E-state index in [1.165, 1.54) is 7.11 Å². The van der Waals surface area contributed by atoms with Gasteiger partial charge in [-0.15, -0.1) is 4.98 Å². The van der Waals surface area contributed by atoms with Gasteiger partial charge in [0.2, 0.25) is 5.95 Å². The van der Waals surface area contributed by atoms with Gasteiger partial charge in [0.15, 0.2) is 5.75 Å². The van der Waals surface area contributed by atoms with Gasteiger partial charge in [0.05, 0.1) is 19.5 Å². The molecule has 0 saturated heterocycles. The summed E-state index contributed by atoms with van der Waals surface area (Å²) < 4.78 is 12.5. The molecule has 0 unspecified atom stereocenters. The van der Waals surface area contributed by atoms with E-state index in [-0.39, 0.29) is 12.0 Å². The monoisotopic (exact) mass is 292 g/mol. The maximum absolute atomic E-state index is 5.60. The van der Waals surface area contributed by atoms with Crippen LogP contribution in [0.4, 0.5) is 5.95 Å². The Kier molecular flexibility index (Phi) is 5.30. The van der Waals surface area contributed by atoms with Gasteiger partial charge in [0.1, 0.15) is 0 Å². The molecule has 0 aromatic carbocycles. The van der Waals surface area contributed by atoms with Gasteiger partial charge in [-0.1, -0.05) is 13.8 Å². The summed E-state index contributed by atoms with van der Waals surface area (Å²) in [4.78, 5) is 12.4. The summed E-state index contributed by atoms with van der Waals surface area (Å²) >= 11 is 0. The zero-order valence-electron chi connectivity index (χ0n) is 12.5. The number of aryl methyl sites for hydroxylation is 1. The fourth-order valence-electron chi connectivity index (χ4n) is 1.64. The minimum atomic E-state index is 0.177. The second-order valence-electron chi connectivity index (χ2n) is 4.40. The van der Waals surface area contributed by atoms with Gasteiger partial charge in [-0.05, 0) is 12.8 Å². The van der Waals surface area contributed by atoms with Gasteiger partial charge in [0, 0.05) is 13.1 Å². The summed E-state index contributed by atoms with van der Waals surface area (Å²) in [6.45, 7) is 5.75. The molecular weight excluding hydrogens is 272 g/mol. The topological polar surface area (TPSA) is 87.0 Å². The van der Waals surface area contributed by atoms with Crippen LogP contribution in [-0.4, -0.2) is 38.4 Å². The lowest BCUT2D eigenvalue weighted by atomic mass is 10.5. The Labute approximate surface area is 123 Å². The predicted molar refractivity (Wildman–Crippen MR) is 77.8 cm³/mol. The van der Waals surface area contributed by atoms with E-state index in [4.69, 9.17) is 9.47 Å². The van der Waals surface area contributed by atoms with Crippen molar-refractivity contribution in [1.82, 2.24) is 24.7 Å². The number of anilines is 1. The van der Waals surface area contributed by atoms with Crippen LogP contribution in [0.15, 0.2) is 12.4 Å². The van der Waals surface area contributed by atoms with Crippen LogP contribution in [0.3, 0.4) is 0 Å². The van der Waals surface area contributed by atoms with Crippen LogP contribution in [0, 0.1) is 0 Å². The molecule has 0 radical (unpaired) electrons. The highest BCUT2D eigenvalue weighted by Gasteiger charge is 2.09. The van der Waals surface area contributed by atoms with E-state index in [1.807, 2.05) is 4.68 Å². The second kappa shape index (κ2) is 7.41. The highest BCUT2D eigenvalue weighted by molar-refractivity contribution is 5.29. The highest BCUT2D eigenvalue weighted by Crippen LogP contribution is 2.19. The smallest absolute Gasteiger partial charge is 0.330 e. The lowest BCUT2D eigenvalue weighted by Gasteiger charge is -2.07. The molecule has 0 atom stereocenters. The van der Waals surface area contributed by atoms with E-state index in [0.717, 1.165) is 25.9 Å². The molecule has 114 valence electrons. The highest BCUT2D eigenvalue weighted by atomic mass is 16.5. The number of methoxy groups -OCH3 is 1. The Balaban J connectivity index is 2.13. The van der Waals surface area contributed by atoms with Crippen LogP contribution < -0.4 is 14.8 Å². The molecule has 0 aliphatic heterocycles. The number of hydrogen-bond donors (Lipinski definition) is 1. The van der Waals surface area contributed by atoms with E-state index >= 15 is 0 Å². The van der Waals surface area contributed by atoms with Gasteiger partial charge in [-0.2, -0.15) is 15.1 Å². The van der Waals surface area contributed by atoms with E-state index < -0.39 is 0 Å². The molecule has 2 aromatic rings. The minimum absolute atomic E-state index is 0.177. The fraction of sp³-hybridized carbons (Fsp3) is 0.538. The second-order valence-corrected chi connectivity index (χ2v) is 4.40. The quantitative estimate of drug-likeness (QED) is 0.797. The number of ether oxygens (including phenoxy) is 2. The zero-order chi connectivity index (χ0) is 15.1. The first-order valence-electron chi connectivity index (χ1n) is 6.99. The molecule has 2 heterocycles. The summed E-state index contributed by atoms with van der Waals surface area (Å²) in [5.74, 6) is 1.01. The average Bonchev–Trinajstić information content (AvgIpc) is 2.92. The normalized spacial score (nSPS) is 10.4. The average molecular weight is 292 g/mol. The van der Waals surface area contributed by atoms with E-state index in [2.05, 4.69) is 39.2 Å². The van der Waals surface area contributed by atoms with Gasteiger partial charge in [-0.25, -0.2) is 0 Å². The Morgan fingerprint density at radius 2 is 1.95 bits per heavy atom. The first-order chi connectivity index (χ1) is 10.2. The van der Waals surface area contributed by atoms with Crippen LogP contribution in [0.25, 0.3) is 0 Å². The maximum Gasteiger partial charge on any atom is 0.330 e. The van der Waals surface area contributed by atoms with Gasteiger partial charge >= 0.3 is 12.0 Å². The van der Waals surface area contributed by atoms with Crippen LogP contribution in [0.5, 0.6) is 17.8 Å². The van der Waals surface area contributed by atoms with Crippen molar-refractivity contribution in [3.63, 3.8) is 0 Å². The predicted octanol–water partition coefficient (Wildman–Crippen LogP) is 2.10. The Morgan fingerprint density at radius 1 is 1.14 bits per heavy atom. The van der Waals surface area contributed by atoms with E-state index in [1.54, 1.807) is 12.4 Å². The molecule has 0 amide bonds.